The van der Waals surface area contributed by atoms with E-state index in [0.29, 0.717) is 0 Å². The van der Waals surface area contributed by atoms with Crippen molar-refractivity contribution in [3.8, 4) is 0 Å². The number of nitrogens with one attached hydrogen (secondary N) is 1. The van der Waals surface area contributed by atoms with Gasteiger partial charge in [0, 0.05) is 18.6 Å². The summed E-state index contributed by atoms with van der Waals surface area (Å²) in [6.07, 6.45) is 6.66. The van der Waals surface area contributed by atoms with Crippen LogP contribution in [-0.4, -0.2) is 62.2 Å². The molecule has 2 atom stereocenters. The second kappa shape index (κ2) is 8.89. The lowest BCUT2D eigenvalue weighted by molar-refractivity contribution is 0.153. The molecule has 0 radical (unpaired) electrons. The van der Waals surface area contributed by atoms with Gasteiger partial charge in [0.05, 0.1) is 0 Å². The van der Waals surface area contributed by atoms with E-state index in [1.165, 1.54) is 58.3 Å². The molecule has 0 aromatic heterocycles. The van der Waals surface area contributed by atoms with Crippen LogP contribution in [0.2, 0.25) is 0 Å². The van der Waals surface area contributed by atoms with Crippen molar-refractivity contribution in [3.05, 3.63) is 0 Å². The van der Waals surface area contributed by atoms with Crippen molar-refractivity contribution >= 4 is 0 Å². The quantitative estimate of drug-likeness (QED) is 0.637. The monoisotopic (exact) mass is 255 g/mol. The zero-order valence-electron chi connectivity index (χ0n) is 12.9. The Bertz CT molecular complexity index is 206. The van der Waals surface area contributed by atoms with E-state index in [1.807, 2.05) is 0 Å². The molecule has 108 valence electrons. The Hall–Kier alpha value is -0.120. The minimum atomic E-state index is 0.751. The Kier molecular flexibility index (Phi) is 7.87. The van der Waals surface area contributed by atoms with Gasteiger partial charge in [-0.05, 0) is 72.8 Å². The van der Waals surface area contributed by atoms with Crippen LogP contribution in [0.25, 0.3) is 0 Å². The van der Waals surface area contributed by atoms with Gasteiger partial charge in [-0.25, -0.2) is 0 Å². The summed E-state index contributed by atoms with van der Waals surface area (Å²) in [6, 6.07) is 1.54. The van der Waals surface area contributed by atoms with Crippen LogP contribution in [0.4, 0.5) is 0 Å². The third-order valence-corrected chi connectivity index (χ3v) is 3.97. The summed E-state index contributed by atoms with van der Waals surface area (Å²) in [5, 5.41) is 3.50. The van der Waals surface area contributed by atoms with Gasteiger partial charge in [0.15, 0.2) is 0 Å². The number of hydrogen-bond acceptors (Lipinski definition) is 3. The predicted molar refractivity (Wildman–Crippen MR) is 80.1 cm³/mol. The van der Waals surface area contributed by atoms with Gasteiger partial charge in [0.1, 0.15) is 0 Å². The van der Waals surface area contributed by atoms with E-state index in [4.69, 9.17) is 0 Å². The van der Waals surface area contributed by atoms with E-state index >= 15 is 0 Å². The maximum atomic E-state index is 3.50. The van der Waals surface area contributed by atoms with Gasteiger partial charge < -0.3 is 10.2 Å². The van der Waals surface area contributed by atoms with Gasteiger partial charge in [-0.15, -0.1) is 0 Å². The van der Waals surface area contributed by atoms with Crippen LogP contribution in [0, 0.1) is 0 Å². The first-order valence-electron chi connectivity index (χ1n) is 7.76. The van der Waals surface area contributed by atoms with Gasteiger partial charge in [-0.2, -0.15) is 0 Å². The van der Waals surface area contributed by atoms with Gasteiger partial charge in [-0.1, -0.05) is 6.92 Å². The van der Waals surface area contributed by atoms with Gasteiger partial charge >= 0.3 is 0 Å². The number of nitrogens with zero attached hydrogens (tertiary/aromatic N) is 2. The second-order valence-corrected chi connectivity index (χ2v) is 6.04. The average Bonchev–Trinajstić information content (AvgIpc) is 2.76. The lowest BCUT2D eigenvalue weighted by Crippen LogP contribution is -2.42. The SMILES string of the molecule is CCCNCCCC(C)N1CCCC1CN(C)C. The van der Waals surface area contributed by atoms with E-state index in [2.05, 4.69) is 43.1 Å². The van der Waals surface area contributed by atoms with Crippen LogP contribution in [0.1, 0.15) is 46.0 Å². The van der Waals surface area contributed by atoms with Crippen LogP contribution in [-0.2, 0) is 0 Å². The zero-order valence-corrected chi connectivity index (χ0v) is 12.9. The highest BCUT2D eigenvalue weighted by molar-refractivity contribution is 4.84. The third-order valence-electron chi connectivity index (χ3n) is 3.97. The first-order valence-corrected chi connectivity index (χ1v) is 7.76. The van der Waals surface area contributed by atoms with Crippen LogP contribution in [0.5, 0.6) is 0 Å². The van der Waals surface area contributed by atoms with Crippen LogP contribution < -0.4 is 5.32 Å². The number of likely N-dealkylation sites (tertiary alicyclic amines) is 1. The molecule has 1 N–H and O–H groups in total. The Morgan fingerprint density at radius 2 is 2.11 bits per heavy atom. The third kappa shape index (κ3) is 5.68. The molecule has 18 heavy (non-hydrogen) atoms. The molecule has 0 aromatic carbocycles. The molecule has 0 saturated carbocycles. The molecule has 0 aromatic rings. The molecule has 0 amide bonds. The van der Waals surface area contributed by atoms with E-state index in [0.717, 1.165) is 12.1 Å². The maximum absolute atomic E-state index is 3.50. The number of rotatable bonds is 9. The lowest BCUT2D eigenvalue weighted by Gasteiger charge is -2.32. The van der Waals surface area contributed by atoms with Crippen molar-refractivity contribution in [2.75, 3.05) is 40.3 Å². The molecule has 3 nitrogen and oxygen atoms in total. The van der Waals surface area contributed by atoms with E-state index < -0.39 is 0 Å². The molecule has 0 spiro atoms. The molecule has 3 heteroatoms. The topological polar surface area (TPSA) is 18.5 Å². The summed E-state index contributed by atoms with van der Waals surface area (Å²) in [5.41, 5.74) is 0. The van der Waals surface area contributed by atoms with Gasteiger partial charge in [0.25, 0.3) is 0 Å². The minimum absolute atomic E-state index is 0.751. The molecule has 1 heterocycles. The second-order valence-electron chi connectivity index (χ2n) is 6.04. The highest BCUT2D eigenvalue weighted by atomic mass is 15.2. The first-order chi connectivity index (χ1) is 8.65. The van der Waals surface area contributed by atoms with E-state index in [-0.39, 0.29) is 0 Å². The summed E-state index contributed by atoms with van der Waals surface area (Å²) in [4.78, 5) is 5.07. The molecule has 1 rings (SSSR count). The van der Waals surface area contributed by atoms with E-state index in [9.17, 15) is 0 Å². The van der Waals surface area contributed by atoms with Crippen molar-refractivity contribution < 1.29 is 0 Å². The minimum Gasteiger partial charge on any atom is -0.317 e. The Balaban J connectivity index is 2.20. The fourth-order valence-corrected chi connectivity index (χ4v) is 3.05. The summed E-state index contributed by atoms with van der Waals surface area (Å²) in [6.45, 7) is 9.52. The molecule has 0 aliphatic carbocycles. The fourth-order valence-electron chi connectivity index (χ4n) is 3.05. The Labute approximate surface area is 114 Å². The van der Waals surface area contributed by atoms with Gasteiger partial charge in [-0.3, -0.25) is 4.90 Å². The van der Waals surface area contributed by atoms with Gasteiger partial charge in [0.2, 0.25) is 0 Å². The molecule has 1 aliphatic heterocycles. The predicted octanol–water partition coefficient (Wildman–Crippen LogP) is 2.18. The molecular weight excluding hydrogens is 222 g/mol. The fraction of sp³-hybridized carbons (Fsp3) is 1.00. The summed E-state index contributed by atoms with van der Waals surface area (Å²) in [5.74, 6) is 0. The molecule has 2 unspecified atom stereocenters. The Morgan fingerprint density at radius 1 is 1.33 bits per heavy atom. The highest BCUT2D eigenvalue weighted by Crippen LogP contribution is 2.22. The molecule has 1 aliphatic rings. The first kappa shape index (κ1) is 15.9. The standard InChI is InChI=1S/C15H33N3/c1-5-10-16-11-6-8-14(2)18-12-7-9-15(18)13-17(3)4/h14-16H,5-13H2,1-4H3. The zero-order chi connectivity index (χ0) is 13.4. The number of likely N-dealkylation sites (N-methyl/N-ethyl adjacent to an activating group) is 1. The lowest BCUT2D eigenvalue weighted by atomic mass is 10.1. The molecule has 1 fully saturated rings. The van der Waals surface area contributed by atoms with Crippen LogP contribution >= 0.6 is 0 Å². The van der Waals surface area contributed by atoms with Crippen molar-refractivity contribution in [2.24, 2.45) is 0 Å². The van der Waals surface area contributed by atoms with Crippen LogP contribution in [0.15, 0.2) is 0 Å². The summed E-state index contributed by atoms with van der Waals surface area (Å²) >= 11 is 0. The Morgan fingerprint density at radius 3 is 2.78 bits per heavy atom. The largest absolute Gasteiger partial charge is 0.317 e. The van der Waals surface area contributed by atoms with E-state index in [1.54, 1.807) is 0 Å². The average molecular weight is 255 g/mol. The van der Waals surface area contributed by atoms with Crippen molar-refractivity contribution in [1.29, 1.82) is 0 Å². The molecule has 0 bridgehead atoms. The summed E-state index contributed by atoms with van der Waals surface area (Å²) in [7, 11) is 4.38. The molecule has 1 saturated heterocycles. The number of hydrogen-bond donors (Lipinski definition) is 1. The van der Waals surface area contributed by atoms with Crippen molar-refractivity contribution in [1.82, 2.24) is 15.1 Å². The maximum Gasteiger partial charge on any atom is 0.0226 e. The molecular formula is C15H33N3. The van der Waals surface area contributed by atoms with Crippen molar-refractivity contribution in [3.63, 3.8) is 0 Å². The normalized spacial score (nSPS) is 22.8. The highest BCUT2D eigenvalue weighted by Gasteiger charge is 2.28. The summed E-state index contributed by atoms with van der Waals surface area (Å²) < 4.78 is 0. The smallest absolute Gasteiger partial charge is 0.0226 e. The van der Waals surface area contributed by atoms with Crippen LogP contribution in [0.3, 0.4) is 0 Å². The van der Waals surface area contributed by atoms with Crippen molar-refractivity contribution in [2.45, 2.75) is 58.0 Å².